The Morgan fingerprint density at radius 1 is 1.31 bits per heavy atom. The molecule has 0 aromatic carbocycles. The van der Waals surface area contributed by atoms with Crippen LogP contribution >= 0.6 is 11.3 Å². The van der Waals surface area contributed by atoms with E-state index in [-0.39, 0.29) is 0 Å². The quantitative estimate of drug-likeness (QED) is 0.751. The lowest BCUT2D eigenvalue weighted by molar-refractivity contribution is 1.21. The zero-order chi connectivity index (χ0) is 9.26. The van der Waals surface area contributed by atoms with Crippen LogP contribution in [0.4, 0.5) is 5.82 Å². The van der Waals surface area contributed by atoms with Gasteiger partial charge in [0, 0.05) is 22.8 Å². The average Bonchev–Trinajstić information content (AvgIpc) is 2.52. The number of aromatic nitrogens is 2. The third-order valence-electron chi connectivity index (χ3n) is 1.84. The fraction of sp³-hybridized carbons (Fsp3) is 0.111. The normalized spacial score (nSPS) is 10.2. The van der Waals surface area contributed by atoms with Gasteiger partial charge in [0.2, 0.25) is 0 Å². The lowest BCUT2D eigenvalue weighted by atomic mass is 10.2. The Bertz CT molecular complexity index is 422. The van der Waals surface area contributed by atoms with Crippen molar-refractivity contribution in [3.05, 3.63) is 28.7 Å². The minimum Gasteiger partial charge on any atom is -0.382 e. The summed E-state index contributed by atoms with van der Waals surface area (Å²) in [6.07, 6.45) is 3.25. The van der Waals surface area contributed by atoms with Crippen LogP contribution in [-0.2, 0) is 0 Å². The van der Waals surface area contributed by atoms with E-state index in [0.717, 1.165) is 11.3 Å². The molecule has 2 N–H and O–H groups in total. The van der Waals surface area contributed by atoms with E-state index in [1.54, 1.807) is 23.7 Å². The van der Waals surface area contributed by atoms with Gasteiger partial charge in [0.1, 0.15) is 11.5 Å². The number of nitrogens with zero attached hydrogens (tertiary/aromatic N) is 2. The number of rotatable bonds is 1. The van der Waals surface area contributed by atoms with Crippen LogP contribution in [0.25, 0.3) is 11.3 Å². The fourth-order valence-corrected chi connectivity index (χ4v) is 1.89. The van der Waals surface area contributed by atoms with Crippen molar-refractivity contribution in [2.75, 3.05) is 5.73 Å². The third-order valence-corrected chi connectivity index (χ3v) is 2.69. The van der Waals surface area contributed by atoms with Gasteiger partial charge in [-0.25, -0.2) is 4.98 Å². The van der Waals surface area contributed by atoms with E-state index in [0.29, 0.717) is 5.82 Å². The highest BCUT2D eigenvalue weighted by atomic mass is 32.1. The zero-order valence-electron chi connectivity index (χ0n) is 7.19. The van der Waals surface area contributed by atoms with Crippen LogP contribution in [0.15, 0.2) is 23.8 Å². The van der Waals surface area contributed by atoms with Crippen LogP contribution in [0.2, 0.25) is 0 Å². The van der Waals surface area contributed by atoms with Crippen LogP contribution in [0.1, 0.15) is 4.88 Å². The van der Waals surface area contributed by atoms with Crippen molar-refractivity contribution in [2.45, 2.75) is 6.92 Å². The molecule has 0 bridgehead atoms. The highest BCUT2D eigenvalue weighted by Crippen LogP contribution is 2.28. The molecule has 2 aromatic rings. The molecule has 0 saturated heterocycles. The summed E-state index contributed by atoms with van der Waals surface area (Å²) in [5, 5.41) is 2.03. The number of hydrogen-bond donors (Lipinski definition) is 1. The molecule has 0 aliphatic rings. The first-order valence-electron chi connectivity index (χ1n) is 3.90. The van der Waals surface area contributed by atoms with E-state index >= 15 is 0 Å². The minimum atomic E-state index is 0.490. The van der Waals surface area contributed by atoms with E-state index < -0.39 is 0 Å². The van der Waals surface area contributed by atoms with Crippen molar-refractivity contribution in [1.29, 1.82) is 0 Å². The smallest absolute Gasteiger partial charge is 0.150 e. The number of nitrogen functional groups attached to an aromatic ring is 1. The van der Waals surface area contributed by atoms with Gasteiger partial charge < -0.3 is 5.73 Å². The van der Waals surface area contributed by atoms with Crippen LogP contribution < -0.4 is 5.73 Å². The molecular formula is C9H9N3S. The maximum absolute atomic E-state index is 5.71. The predicted molar refractivity (Wildman–Crippen MR) is 54.5 cm³/mol. The van der Waals surface area contributed by atoms with Gasteiger partial charge in [0.05, 0.1) is 0 Å². The summed E-state index contributed by atoms with van der Waals surface area (Å²) in [4.78, 5) is 9.41. The Kier molecular flexibility index (Phi) is 1.98. The molecule has 13 heavy (non-hydrogen) atoms. The molecule has 0 atom stereocenters. The van der Waals surface area contributed by atoms with Gasteiger partial charge in [-0.2, -0.15) is 0 Å². The first-order valence-corrected chi connectivity index (χ1v) is 4.78. The van der Waals surface area contributed by atoms with Gasteiger partial charge in [-0.3, -0.25) is 4.98 Å². The van der Waals surface area contributed by atoms with Gasteiger partial charge in [-0.1, -0.05) is 0 Å². The summed E-state index contributed by atoms with van der Waals surface area (Å²) in [5.41, 5.74) is 7.57. The highest BCUT2D eigenvalue weighted by Gasteiger charge is 2.07. The van der Waals surface area contributed by atoms with Crippen molar-refractivity contribution in [3.63, 3.8) is 0 Å². The SMILES string of the molecule is Cc1sccc1-c1nccnc1N. The maximum Gasteiger partial charge on any atom is 0.150 e. The molecule has 0 radical (unpaired) electrons. The Morgan fingerprint density at radius 3 is 2.69 bits per heavy atom. The van der Waals surface area contributed by atoms with Gasteiger partial charge in [-0.05, 0) is 18.4 Å². The molecule has 4 heteroatoms. The molecule has 66 valence electrons. The highest BCUT2D eigenvalue weighted by molar-refractivity contribution is 7.10. The van der Waals surface area contributed by atoms with Crippen LogP contribution in [-0.4, -0.2) is 9.97 Å². The van der Waals surface area contributed by atoms with Crippen molar-refractivity contribution < 1.29 is 0 Å². The predicted octanol–water partition coefficient (Wildman–Crippen LogP) is 2.10. The molecule has 3 nitrogen and oxygen atoms in total. The third kappa shape index (κ3) is 1.40. The molecule has 0 aliphatic carbocycles. The lowest BCUT2D eigenvalue weighted by Crippen LogP contribution is -1.95. The molecule has 2 aromatic heterocycles. The monoisotopic (exact) mass is 191 g/mol. The maximum atomic E-state index is 5.71. The Hall–Kier alpha value is -1.42. The van der Waals surface area contributed by atoms with Crippen molar-refractivity contribution in [3.8, 4) is 11.3 Å². The standard InChI is InChI=1S/C9H9N3S/c1-6-7(2-5-13-6)8-9(10)12-4-3-11-8/h2-5H,1H3,(H2,10,12). The molecule has 2 rings (SSSR count). The molecule has 0 aliphatic heterocycles. The van der Waals surface area contributed by atoms with Gasteiger partial charge >= 0.3 is 0 Å². The summed E-state index contributed by atoms with van der Waals surface area (Å²) >= 11 is 1.68. The van der Waals surface area contributed by atoms with E-state index in [4.69, 9.17) is 5.73 Å². The van der Waals surface area contributed by atoms with Crippen LogP contribution in [0.5, 0.6) is 0 Å². The first-order chi connectivity index (χ1) is 6.29. The Balaban J connectivity index is 2.59. The molecule has 0 fully saturated rings. The van der Waals surface area contributed by atoms with Crippen LogP contribution in [0.3, 0.4) is 0 Å². The summed E-state index contributed by atoms with van der Waals surface area (Å²) in [6.45, 7) is 2.05. The van der Waals surface area contributed by atoms with Gasteiger partial charge in [0.15, 0.2) is 0 Å². The second kappa shape index (κ2) is 3.14. The zero-order valence-corrected chi connectivity index (χ0v) is 8.01. The summed E-state index contributed by atoms with van der Waals surface area (Å²) in [5.74, 6) is 0.490. The second-order valence-corrected chi connectivity index (χ2v) is 3.80. The largest absolute Gasteiger partial charge is 0.382 e. The Morgan fingerprint density at radius 2 is 2.08 bits per heavy atom. The van der Waals surface area contributed by atoms with Crippen molar-refractivity contribution in [1.82, 2.24) is 9.97 Å². The van der Waals surface area contributed by atoms with Crippen LogP contribution in [0, 0.1) is 6.92 Å². The van der Waals surface area contributed by atoms with Gasteiger partial charge in [0.25, 0.3) is 0 Å². The summed E-state index contributed by atoms with van der Waals surface area (Å²) in [6, 6.07) is 2.01. The fourth-order valence-electron chi connectivity index (χ4n) is 1.19. The molecule has 0 unspecified atom stereocenters. The molecular weight excluding hydrogens is 182 g/mol. The molecule has 0 spiro atoms. The Labute approximate surface area is 80.3 Å². The lowest BCUT2D eigenvalue weighted by Gasteiger charge is -2.01. The number of anilines is 1. The second-order valence-electron chi connectivity index (χ2n) is 2.68. The van der Waals surface area contributed by atoms with Crippen molar-refractivity contribution >= 4 is 17.2 Å². The van der Waals surface area contributed by atoms with E-state index in [1.165, 1.54) is 4.88 Å². The molecule has 0 amide bonds. The summed E-state index contributed by atoms with van der Waals surface area (Å²) < 4.78 is 0. The number of nitrogens with two attached hydrogens (primary N) is 1. The summed E-state index contributed by atoms with van der Waals surface area (Å²) in [7, 11) is 0. The topological polar surface area (TPSA) is 51.8 Å². The molecule has 0 saturated carbocycles. The average molecular weight is 191 g/mol. The van der Waals surface area contributed by atoms with E-state index in [2.05, 4.69) is 9.97 Å². The van der Waals surface area contributed by atoms with E-state index in [9.17, 15) is 0 Å². The number of hydrogen-bond acceptors (Lipinski definition) is 4. The van der Waals surface area contributed by atoms with Crippen molar-refractivity contribution in [2.24, 2.45) is 0 Å². The molecule has 2 heterocycles. The first kappa shape index (κ1) is 8.19. The van der Waals surface area contributed by atoms with E-state index in [1.807, 2.05) is 18.4 Å². The minimum absolute atomic E-state index is 0.490. The number of thiophene rings is 1. The number of aryl methyl sites for hydroxylation is 1. The van der Waals surface area contributed by atoms with Gasteiger partial charge in [-0.15, -0.1) is 11.3 Å².